The summed E-state index contributed by atoms with van der Waals surface area (Å²) in [4.78, 5) is 0. The van der Waals surface area contributed by atoms with Crippen LogP contribution in [0.3, 0.4) is 0 Å². The van der Waals surface area contributed by atoms with Crippen molar-refractivity contribution in [3.05, 3.63) is 35.6 Å². The smallest absolute Gasteiger partial charge is 0.123 e. The molecule has 1 spiro atoms. The molecule has 3 unspecified atom stereocenters. The molecule has 3 rings (SSSR count). The molecule has 1 aliphatic heterocycles. The second kappa shape index (κ2) is 5.24. The molecule has 3 atom stereocenters. The third kappa shape index (κ3) is 2.43. The fourth-order valence-electron chi connectivity index (χ4n) is 4.30. The minimum Gasteiger partial charge on any atom is -0.316 e. The zero-order valence-electron chi connectivity index (χ0n) is 11.8. The van der Waals surface area contributed by atoms with Gasteiger partial charge in [-0.25, -0.2) is 4.39 Å². The first-order valence-corrected chi connectivity index (χ1v) is 7.70. The van der Waals surface area contributed by atoms with Gasteiger partial charge >= 0.3 is 0 Å². The number of benzene rings is 1. The van der Waals surface area contributed by atoms with Crippen molar-refractivity contribution >= 4 is 0 Å². The molecule has 1 aliphatic carbocycles. The largest absolute Gasteiger partial charge is 0.316 e. The molecular weight excluding hydrogens is 237 g/mol. The van der Waals surface area contributed by atoms with Crippen molar-refractivity contribution in [3.8, 4) is 0 Å². The zero-order valence-corrected chi connectivity index (χ0v) is 11.8. The van der Waals surface area contributed by atoms with Crippen LogP contribution in [-0.2, 0) is 0 Å². The van der Waals surface area contributed by atoms with Crippen molar-refractivity contribution in [2.45, 2.75) is 44.9 Å². The predicted octanol–water partition coefficient (Wildman–Crippen LogP) is 4.10. The van der Waals surface area contributed by atoms with Gasteiger partial charge in [0.1, 0.15) is 5.82 Å². The van der Waals surface area contributed by atoms with Crippen molar-refractivity contribution in [2.75, 3.05) is 13.1 Å². The summed E-state index contributed by atoms with van der Waals surface area (Å²) in [5.74, 6) is 1.35. The van der Waals surface area contributed by atoms with Gasteiger partial charge in [0.2, 0.25) is 0 Å². The molecule has 1 aromatic carbocycles. The molecule has 2 fully saturated rings. The van der Waals surface area contributed by atoms with Gasteiger partial charge in [0, 0.05) is 12.5 Å². The van der Waals surface area contributed by atoms with Crippen LogP contribution < -0.4 is 5.32 Å². The lowest BCUT2D eigenvalue weighted by molar-refractivity contribution is 0.162. The van der Waals surface area contributed by atoms with E-state index >= 15 is 0 Å². The first-order chi connectivity index (χ1) is 9.23. The van der Waals surface area contributed by atoms with Crippen LogP contribution in [0, 0.1) is 17.2 Å². The van der Waals surface area contributed by atoms with E-state index in [9.17, 15) is 4.39 Å². The lowest BCUT2D eigenvalue weighted by atomic mass is 9.66. The van der Waals surface area contributed by atoms with Gasteiger partial charge in [-0.15, -0.1) is 0 Å². The van der Waals surface area contributed by atoms with E-state index in [2.05, 4.69) is 12.2 Å². The number of hydrogen-bond acceptors (Lipinski definition) is 1. The van der Waals surface area contributed by atoms with Crippen LogP contribution in [0.2, 0.25) is 0 Å². The Morgan fingerprint density at radius 1 is 1.26 bits per heavy atom. The Balaban J connectivity index is 1.87. The molecular formula is C17H24FN. The van der Waals surface area contributed by atoms with E-state index in [0.717, 1.165) is 19.0 Å². The van der Waals surface area contributed by atoms with Crippen LogP contribution in [0.25, 0.3) is 0 Å². The Morgan fingerprint density at radius 2 is 2.05 bits per heavy atom. The van der Waals surface area contributed by atoms with Crippen LogP contribution in [-0.4, -0.2) is 13.1 Å². The van der Waals surface area contributed by atoms with E-state index in [4.69, 9.17) is 0 Å². The molecule has 2 aliphatic rings. The van der Waals surface area contributed by atoms with Crippen LogP contribution in [0.4, 0.5) is 4.39 Å². The van der Waals surface area contributed by atoms with Crippen molar-refractivity contribution in [1.29, 1.82) is 0 Å². The third-order valence-corrected chi connectivity index (χ3v) is 5.48. The number of halogens is 1. The van der Waals surface area contributed by atoms with Gasteiger partial charge in [-0.2, -0.15) is 0 Å². The minimum atomic E-state index is -0.126. The van der Waals surface area contributed by atoms with E-state index in [-0.39, 0.29) is 5.82 Å². The molecule has 0 radical (unpaired) electrons. The molecule has 1 heterocycles. The summed E-state index contributed by atoms with van der Waals surface area (Å²) in [6, 6.07) is 7.22. The van der Waals surface area contributed by atoms with Crippen LogP contribution >= 0.6 is 0 Å². The second-order valence-electron chi connectivity index (χ2n) is 6.44. The molecule has 1 saturated heterocycles. The summed E-state index contributed by atoms with van der Waals surface area (Å²) in [6.45, 7) is 4.52. The fraction of sp³-hybridized carbons (Fsp3) is 0.647. The molecule has 19 heavy (non-hydrogen) atoms. The van der Waals surface area contributed by atoms with E-state index in [1.807, 2.05) is 12.1 Å². The zero-order chi connectivity index (χ0) is 13.3. The van der Waals surface area contributed by atoms with Gasteiger partial charge in [0.15, 0.2) is 0 Å². The molecule has 1 N–H and O–H groups in total. The highest BCUT2D eigenvalue weighted by molar-refractivity contribution is 5.25. The van der Waals surface area contributed by atoms with E-state index in [1.165, 1.54) is 37.7 Å². The summed E-state index contributed by atoms with van der Waals surface area (Å²) in [5.41, 5.74) is 1.80. The van der Waals surface area contributed by atoms with Crippen LogP contribution in [0.1, 0.15) is 50.5 Å². The highest BCUT2D eigenvalue weighted by Gasteiger charge is 2.46. The molecule has 0 aromatic heterocycles. The summed E-state index contributed by atoms with van der Waals surface area (Å²) in [5, 5.41) is 3.54. The number of rotatable bonds is 2. The fourth-order valence-corrected chi connectivity index (χ4v) is 4.30. The van der Waals surface area contributed by atoms with Crippen molar-refractivity contribution in [3.63, 3.8) is 0 Å². The maximum Gasteiger partial charge on any atom is 0.123 e. The van der Waals surface area contributed by atoms with Crippen molar-refractivity contribution in [2.24, 2.45) is 11.3 Å². The van der Waals surface area contributed by atoms with Crippen LogP contribution in [0.5, 0.6) is 0 Å². The van der Waals surface area contributed by atoms with Crippen LogP contribution in [0.15, 0.2) is 24.3 Å². The highest BCUT2D eigenvalue weighted by Crippen LogP contribution is 2.54. The van der Waals surface area contributed by atoms with Gasteiger partial charge in [0.25, 0.3) is 0 Å². The average Bonchev–Trinajstić information content (AvgIpc) is 2.84. The Kier molecular flexibility index (Phi) is 3.62. The molecule has 1 nitrogen and oxygen atoms in total. The second-order valence-corrected chi connectivity index (χ2v) is 6.44. The summed E-state index contributed by atoms with van der Waals surface area (Å²) in [6.07, 6.45) is 6.70. The minimum absolute atomic E-state index is 0.126. The van der Waals surface area contributed by atoms with Gasteiger partial charge in [-0.1, -0.05) is 25.5 Å². The Bertz CT molecular complexity index is 427. The first-order valence-electron chi connectivity index (χ1n) is 7.70. The molecule has 0 amide bonds. The lowest BCUT2D eigenvalue weighted by Gasteiger charge is -2.42. The van der Waals surface area contributed by atoms with Crippen molar-refractivity contribution in [1.82, 2.24) is 5.32 Å². The van der Waals surface area contributed by atoms with Gasteiger partial charge in [-0.05, 0) is 61.3 Å². The predicted molar refractivity (Wildman–Crippen MR) is 76.7 cm³/mol. The highest BCUT2D eigenvalue weighted by atomic mass is 19.1. The quantitative estimate of drug-likeness (QED) is 0.845. The molecule has 2 heteroatoms. The summed E-state index contributed by atoms with van der Waals surface area (Å²) in [7, 11) is 0. The van der Waals surface area contributed by atoms with E-state index < -0.39 is 0 Å². The van der Waals surface area contributed by atoms with Gasteiger partial charge in [-0.3, -0.25) is 0 Å². The molecule has 104 valence electrons. The maximum atomic E-state index is 13.1. The van der Waals surface area contributed by atoms with E-state index in [0.29, 0.717) is 11.3 Å². The molecule has 1 saturated carbocycles. The summed E-state index contributed by atoms with van der Waals surface area (Å²) < 4.78 is 13.1. The van der Waals surface area contributed by atoms with E-state index in [1.54, 1.807) is 12.1 Å². The summed E-state index contributed by atoms with van der Waals surface area (Å²) >= 11 is 0. The first kappa shape index (κ1) is 13.1. The normalized spacial score (nSPS) is 34.8. The number of nitrogens with one attached hydrogen (secondary N) is 1. The molecule has 0 bridgehead atoms. The number of hydrogen-bond donors (Lipinski definition) is 1. The number of piperidine rings is 1. The standard InChI is InChI=1S/C17H24FN/c1-2-13-7-8-17(11-13)9-10-19-12-16(17)14-3-5-15(18)6-4-14/h3-6,13,16,19H,2,7-12H2,1H3. The van der Waals surface area contributed by atoms with Gasteiger partial charge in [0.05, 0.1) is 0 Å². The SMILES string of the molecule is CCC1CCC2(CCNCC2c2ccc(F)cc2)C1. The Morgan fingerprint density at radius 3 is 2.74 bits per heavy atom. The lowest BCUT2D eigenvalue weighted by Crippen LogP contribution is -2.42. The monoisotopic (exact) mass is 261 g/mol. The Hall–Kier alpha value is -0.890. The molecule has 1 aromatic rings. The van der Waals surface area contributed by atoms with Gasteiger partial charge < -0.3 is 5.32 Å². The average molecular weight is 261 g/mol. The maximum absolute atomic E-state index is 13.1. The topological polar surface area (TPSA) is 12.0 Å². The third-order valence-electron chi connectivity index (χ3n) is 5.48. The Labute approximate surface area is 115 Å². The van der Waals surface area contributed by atoms with Crippen molar-refractivity contribution < 1.29 is 4.39 Å².